The minimum Gasteiger partial charge on any atom is -0.507 e. The highest BCUT2D eigenvalue weighted by molar-refractivity contribution is 5.95. The number of carbonyl (C=O) groups excluding carboxylic acids is 2. The largest absolute Gasteiger partial charge is 0.507 e. The molecule has 3 aromatic carbocycles. The summed E-state index contributed by atoms with van der Waals surface area (Å²) in [6.45, 7) is 1.56. The number of nitrogens with two attached hydrogens (primary N) is 1. The van der Waals surface area contributed by atoms with Crippen LogP contribution < -0.4 is 25.9 Å². The van der Waals surface area contributed by atoms with Gasteiger partial charge in [0.05, 0.1) is 10.9 Å². The van der Waals surface area contributed by atoms with Gasteiger partial charge < -0.3 is 25.4 Å². The normalized spacial score (nSPS) is 13.0. The van der Waals surface area contributed by atoms with E-state index in [1.807, 2.05) is 35.2 Å². The van der Waals surface area contributed by atoms with E-state index in [1.165, 1.54) is 12.1 Å². The zero-order valence-corrected chi connectivity index (χ0v) is 19.4. The number of ether oxygens (including phenoxy) is 2. The number of amides is 3. The van der Waals surface area contributed by atoms with Crippen LogP contribution in [0.1, 0.15) is 15.9 Å². The minimum absolute atomic E-state index is 0.00769. The van der Waals surface area contributed by atoms with Crippen molar-refractivity contribution >= 4 is 11.9 Å². The fraction of sp³-hybridized carbons (Fsp3) is 0.231. The number of hydrogen-bond donors (Lipinski definition) is 3. The van der Waals surface area contributed by atoms with Crippen LogP contribution in [0.3, 0.4) is 0 Å². The molecule has 10 heteroatoms. The Balaban J connectivity index is 1.37. The minimum atomic E-state index is -0.839. The number of hydrogen-bond acceptors (Lipinski definition) is 7. The second kappa shape index (κ2) is 11.4. The first-order valence-electron chi connectivity index (χ1n) is 11.3. The first-order chi connectivity index (χ1) is 17.4. The van der Waals surface area contributed by atoms with Gasteiger partial charge in [-0.15, -0.1) is 0 Å². The standard InChI is InChI=1S/C26H26N4O6/c27-25(33)20-13-19(9-10-22(20)32)35-12-11-30(14-17-5-2-1-3-6-17)15-18(31)16-36-23-8-4-7-21-24(23)29-26(34)28-21/h1-10,13,18,31-32H,11-12,14-16H2,(H2,27,33). The van der Waals surface area contributed by atoms with Crippen molar-refractivity contribution in [3.8, 4) is 17.2 Å². The molecule has 186 valence electrons. The van der Waals surface area contributed by atoms with Crippen LogP contribution in [0.15, 0.2) is 76.7 Å². The van der Waals surface area contributed by atoms with E-state index >= 15 is 0 Å². The van der Waals surface area contributed by atoms with E-state index in [0.717, 1.165) is 5.56 Å². The second-order valence-corrected chi connectivity index (χ2v) is 8.21. The third kappa shape index (κ3) is 6.44. The molecule has 0 spiro atoms. The van der Waals surface area contributed by atoms with Gasteiger partial charge in [0.15, 0.2) is 0 Å². The van der Waals surface area contributed by atoms with Crippen LogP contribution in [0, 0.1) is 0 Å². The van der Waals surface area contributed by atoms with Crippen molar-refractivity contribution in [3.63, 3.8) is 0 Å². The van der Waals surface area contributed by atoms with Crippen LogP contribution in [-0.2, 0) is 6.54 Å². The number of carbonyl (C=O) groups is 2. The van der Waals surface area contributed by atoms with E-state index in [-0.39, 0.29) is 31.1 Å². The van der Waals surface area contributed by atoms with Crippen molar-refractivity contribution in [2.75, 3.05) is 26.3 Å². The molecule has 36 heavy (non-hydrogen) atoms. The zero-order valence-electron chi connectivity index (χ0n) is 19.4. The molecule has 3 aromatic rings. The van der Waals surface area contributed by atoms with Crippen molar-refractivity contribution in [1.29, 1.82) is 0 Å². The van der Waals surface area contributed by atoms with Gasteiger partial charge in [0.2, 0.25) is 0 Å². The van der Waals surface area contributed by atoms with E-state index in [9.17, 15) is 19.8 Å². The summed E-state index contributed by atoms with van der Waals surface area (Å²) in [6.07, 6.45) is -0.839. The second-order valence-electron chi connectivity index (χ2n) is 8.21. The SMILES string of the molecule is NC(=O)c1cc(OCCN(Cc2ccccc2)CC(O)COc2cccc3c2=NC(=O)N=3)ccc1O. The van der Waals surface area contributed by atoms with Gasteiger partial charge in [-0.3, -0.25) is 9.69 Å². The van der Waals surface area contributed by atoms with Crippen LogP contribution >= 0.6 is 0 Å². The van der Waals surface area contributed by atoms with Crippen LogP contribution in [0.2, 0.25) is 0 Å². The Morgan fingerprint density at radius 2 is 1.83 bits per heavy atom. The lowest BCUT2D eigenvalue weighted by Gasteiger charge is -2.25. The Hall–Kier alpha value is -4.28. The van der Waals surface area contributed by atoms with Crippen LogP contribution in [-0.4, -0.2) is 59.5 Å². The van der Waals surface area contributed by atoms with Gasteiger partial charge >= 0.3 is 6.03 Å². The number of urea groups is 1. The average Bonchev–Trinajstić information content (AvgIpc) is 3.25. The van der Waals surface area contributed by atoms with Gasteiger partial charge in [0.25, 0.3) is 5.91 Å². The van der Waals surface area contributed by atoms with Gasteiger partial charge in [-0.2, -0.15) is 9.98 Å². The molecule has 1 aliphatic heterocycles. The van der Waals surface area contributed by atoms with Crippen molar-refractivity contribution in [3.05, 3.63) is 88.6 Å². The molecule has 0 aliphatic carbocycles. The molecule has 3 amide bonds. The first kappa shape index (κ1) is 24.8. The summed E-state index contributed by atoms with van der Waals surface area (Å²) >= 11 is 0. The molecule has 0 fully saturated rings. The summed E-state index contributed by atoms with van der Waals surface area (Å²) < 4.78 is 11.5. The summed E-state index contributed by atoms with van der Waals surface area (Å²) in [5.41, 5.74) is 6.32. The number of aliphatic hydroxyl groups excluding tert-OH is 1. The van der Waals surface area contributed by atoms with E-state index in [4.69, 9.17) is 15.2 Å². The van der Waals surface area contributed by atoms with Crippen molar-refractivity contribution in [2.24, 2.45) is 15.7 Å². The smallest absolute Gasteiger partial charge is 0.368 e. The average molecular weight is 491 g/mol. The Morgan fingerprint density at radius 3 is 2.61 bits per heavy atom. The highest BCUT2D eigenvalue weighted by Gasteiger charge is 2.16. The lowest BCUT2D eigenvalue weighted by Crippen LogP contribution is -2.38. The van der Waals surface area contributed by atoms with Crippen molar-refractivity contribution < 1.29 is 29.3 Å². The molecule has 0 saturated carbocycles. The van der Waals surface area contributed by atoms with Gasteiger partial charge in [-0.1, -0.05) is 36.4 Å². The fourth-order valence-electron chi connectivity index (χ4n) is 3.76. The molecule has 1 heterocycles. The topological polar surface area (TPSA) is 147 Å². The molecule has 1 unspecified atom stereocenters. The van der Waals surface area contributed by atoms with Gasteiger partial charge in [0.1, 0.15) is 41.9 Å². The van der Waals surface area contributed by atoms with Crippen LogP contribution in [0.25, 0.3) is 0 Å². The number of primary amides is 1. The zero-order chi connectivity index (χ0) is 25.5. The first-order valence-corrected chi connectivity index (χ1v) is 11.3. The molecule has 0 saturated heterocycles. The van der Waals surface area contributed by atoms with Gasteiger partial charge in [-0.25, -0.2) is 4.79 Å². The third-order valence-electron chi connectivity index (χ3n) is 5.46. The summed E-state index contributed by atoms with van der Waals surface area (Å²) in [6, 6.07) is 18.6. The number of rotatable bonds is 12. The van der Waals surface area contributed by atoms with Crippen LogP contribution in [0.5, 0.6) is 17.2 Å². The summed E-state index contributed by atoms with van der Waals surface area (Å²) in [5.74, 6) is -0.177. The quantitative estimate of drug-likeness (QED) is 0.345. The molecule has 0 aromatic heterocycles. The lowest BCUT2D eigenvalue weighted by molar-refractivity contribution is 0.0600. The molecule has 0 radical (unpaired) electrons. The number of phenols is 1. The van der Waals surface area contributed by atoms with Crippen molar-refractivity contribution in [2.45, 2.75) is 12.6 Å². The van der Waals surface area contributed by atoms with Crippen LogP contribution in [0.4, 0.5) is 4.79 Å². The number of aliphatic hydroxyl groups is 1. The Morgan fingerprint density at radius 1 is 1.03 bits per heavy atom. The highest BCUT2D eigenvalue weighted by atomic mass is 16.5. The molecule has 4 rings (SSSR count). The van der Waals surface area contributed by atoms with Gasteiger partial charge in [-0.05, 0) is 35.9 Å². The maximum atomic E-state index is 11.5. The molecular formula is C26H26N4O6. The predicted octanol–water partition coefficient (Wildman–Crippen LogP) is 1.18. The Kier molecular flexibility index (Phi) is 7.89. The molecular weight excluding hydrogens is 464 g/mol. The monoisotopic (exact) mass is 490 g/mol. The van der Waals surface area contributed by atoms with Crippen molar-refractivity contribution in [1.82, 2.24) is 4.90 Å². The number of fused-ring (bicyclic) bond motifs is 1. The number of para-hydroxylation sites is 1. The maximum absolute atomic E-state index is 11.5. The number of nitrogens with zero attached hydrogens (tertiary/aromatic N) is 3. The Bertz CT molecular complexity index is 1360. The van der Waals surface area contributed by atoms with E-state index in [2.05, 4.69) is 9.98 Å². The molecule has 1 aliphatic rings. The fourth-order valence-corrected chi connectivity index (χ4v) is 3.76. The molecule has 1 atom stereocenters. The summed E-state index contributed by atoms with van der Waals surface area (Å²) in [7, 11) is 0. The lowest BCUT2D eigenvalue weighted by atomic mass is 10.2. The van der Waals surface area contributed by atoms with E-state index in [1.54, 1.807) is 24.3 Å². The number of benzene rings is 3. The molecule has 0 bridgehead atoms. The Labute approximate surface area is 206 Å². The van der Waals surface area contributed by atoms with E-state index < -0.39 is 18.0 Å². The summed E-state index contributed by atoms with van der Waals surface area (Å²) in [5, 5.41) is 21.3. The third-order valence-corrected chi connectivity index (χ3v) is 5.46. The molecule has 10 nitrogen and oxygen atoms in total. The summed E-state index contributed by atoms with van der Waals surface area (Å²) in [4.78, 5) is 32.6. The van der Waals surface area contributed by atoms with Gasteiger partial charge in [0, 0.05) is 19.6 Å². The highest BCUT2D eigenvalue weighted by Crippen LogP contribution is 2.22. The van der Waals surface area contributed by atoms with E-state index in [0.29, 0.717) is 35.3 Å². The maximum Gasteiger partial charge on any atom is 0.368 e. The molecule has 4 N–H and O–H groups in total. The predicted molar refractivity (Wildman–Crippen MR) is 129 cm³/mol. The number of aromatic hydroxyl groups is 1.